The van der Waals surface area contributed by atoms with Crippen molar-refractivity contribution in [2.45, 2.75) is 40.0 Å². The molecule has 1 atom stereocenters. The van der Waals surface area contributed by atoms with E-state index in [2.05, 4.69) is 10.6 Å². The van der Waals surface area contributed by atoms with Crippen molar-refractivity contribution < 1.29 is 14.4 Å². The van der Waals surface area contributed by atoms with Crippen LogP contribution < -0.4 is 10.6 Å². The first-order chi connectivity index (χ1) is 12.4. The third-order valence-corrected chi connectivity index (χ3v) is 4.55. The van der Waals surface area contributed by atoms with Crippen LogP contribution in [0.5, 0.6) is 0 Å². The minimum absolute atomic E-state index is 0.0381. The Morgan fingerprint density at radius 3 is 2.50 bits per heavy atom. The normalized spacial score (nSPS) is 17.1. The molecule has 2 rings (SSSR count). The van der Waals surface area contributed by atoms with Gasteiger partial charge in [0.1, 0.15) is 0 Å². The topological polar surface area (TPSA) is 78.5 Å². The summed E-state index contributed by atoms with van der Waals surface area (Å²) in [6.45, 7) is 7.48. The van der Waals surface area contributed by atoms with Crippen LogP contribution in [0.25, 0.3) is 0 Å². The van der Waals surface area contributed by atoms with Crippen LogP contribution in [0, 0.1) is 11.8 Å². The number of hydrogen-bond donors (Lipinski definition) is 2. The number of carbonyl (C=O) groups is 3. The van der Waals surface area contributed by atoms with E-state index in [0.29, 0.717) is 30.9 Å². The molecule has 1 aromatic rings. The highest BCUT2D eigenvalue weighted by atomic mass is 16.2. The van der Waals surface area contributed by atoms with Crippen molar-refractivity contribution in [3.8, 4) is 0 Å². The first-order valence-electron chi connectivity index (χ1n) is 9.40. The summed E-state index contributed by atoms with van der Waals surface area (Å²) in [6, 6.07) is 6.92. The molecule has 1 aromatic carbocycles. The van der Waals surface area contributed by atoms with Gasteiger partial charge in [0, 0.05) is 36.8 Å². The van der Waals surface area contributed by atoms with E-state index in [-0.39, 0.29) is 29.6 Å². The number of likely N-dealkylation sites (tertiary alicyclic amines) is 1. The molecule has 1 aliphatic rings. The summed E-state index contributed by atoms with van der Waals surface area (Å²) in [5.41, 5.74) is 1.25. The number of nitrogens with one attached hydrogen (secondary N) is 2. The minimum Gasteiger partial charge on any atom is -0.356 e. The highest BCUT2D eigenvalue weighted by Gasteiger charge is 2.28. The van der Waals surface area contributed by atoms with Crippen molar-refractivity contribution in [3.05, 3.63) is 29.8 Å². The van der Waals surface area contributed by atoms with Crippen LogP contribution >= 0.6 is 0 Å². The van der Waals surface area contributed by atoms with E-state index in [9.17, 15) is 14.4 Å². The number of carbonyl (C=O) groups excluding carboxylic acids is 3. The zero-order chi connectivity index (χ0) is 19.1. The van der Waals surface area contributed by atoms with Crippen LogP contribution in [0.1, 0.15) is 50.4 Å². The summed E-state index contributed by atoms with van der Waals surface area (Å²) < 4.78 is 0. The number of hydrogen-bond acceptors (Lipinski definition) is 3. The summed E-state index contributed by atoms with van der Waals surface area (Å²) in [4.78, 5) is 38.4. The first-order valence-corrected chi connectivity index (χ1v) is 9.40. The lowest BCUT2D eigenvalue weighted by atomic mass is 9.96. The SMILES string of the molecule is CCCNC(=O)[C@@H]1CCCN(C(=O)c2ccc(NC(=O)C(C)C)cc2)C1. The van der Waals surface area contributed by atoms with Gasteiger partial charge in [-0.1, -0.05) is 20.8 Å². The molecule has 0 saturated carbocycles. The Balaban J connectivity index is 1.97. The van der Waals surface area contributed by atoms with E-state index in [1.54, 1.807) is 29.2 Å². The quantitative estimate of drug-likeness (QED) is 0.820. The fourth-order valence-electron chi connectivity index (χ4n) is 2.93. The van der Waals surface area contributed by atoms with Crippen molar-refractivity contribution in [1.82, 2.24) is 10.2 Å². The molecular formula is C20H29N3O3. The third kappa shape index (κ3) is 5.31. The summed E-state index contributed by atoms with van der Waals surface area (Å²) in [6.07, 6.45) is 2.55. The summed E-state index contributed by atoms with van der Waals surface area (Å²) in [7, 11) is 0. The van der Waals surface area contributed by atoms with Crippen molar-refractivity contribution >= 4 is 23.4 Å². The molecule has 142 valence electrons. The van der Waals surface area contributed by atoms with E-state index >= 15 is 0 Å². The van der Waals surface area contributed by atoms with E-state index < -0.39 is 0 Å². The Kier molecular flexibility index (Phi) is 7.18. The molecule has 1 saturated heterocycles. The molecule has 0 aromatic heterocycles. The van der Waals surface area contributed by atoms with Gasteiger partial charge in [0.2, 0.25) is 11.8 Å². The number of anilines is 1. The summed E-state index contributed by atoms with van der Waals surface area (Å²) in [5, 5.41) is 5.73. The van der Waals surface area contributed by atoms with Crippen molar-refractivity contribution in [2.24, 2.45) is 11.8 Å². The van der Waals surface area contributed by atoms with Crippen LogP contribution in [-0.4, -0.2) is 42.3 Å². The Labute approximate surface area is 155 Å². The van der Waals surface area contributed by atoms with Gasteiger partial charge in [-0.05, 0) is 43.5 Å². The molecular weight excluding hydrogens is 330 g/mol. The van der Waals surface area contributed by atoms with Gasteiger partial charge in [0.05, 0.1) is 5.92 Å². The molecule has 1 aliphatic heterocycles. The van der Waals surface area contributed by atoms with Crippen LogP contribution in [0.15, 0.2) is 24.3 Å². The van der Waals surface area contributed by atoms with Gasteiger partial charge in [-0.15, -0.1) is 0 Å². The molecule has 1 fully saturated rings. The molecule has 2 N–H and O–H groups in total. The van der Waals surface area contributed by atoms with Gasteiger partial charge >= 0.3 is 0 Å². The second-order valence-corrected chi connectivity index (χ2v) is 7.10. The Bertz CT molecular complexity index is 640. The maximum absolute atomic E-state index is 12.7. The third-order valence-electron chi connectivity index (χ3n) is 4.55. The van der Waals surface area contributed by atoms with Gasteiger partial charge in [-0.3, -0.25) is 14.4 Å². The molecule has 0 spiro atoms. The van der Waals surface area contributed by atoms with E-state index in [0.717, 1.165) is 19.3 Å². The largest absolute Gasteiger partial charge is 0.356 e. The maximum atomic E-state index is 12.7. The molecule has 6 heteroatoms. The molecule has 1 heterocycles. The standard InChI is InChI=1S/C20H29N3O3/c1-4-11-21-19(25)16-6-5-12-23(13-16)20(26)15-7-9-17(10-8-15)22-18(24)14(2)3/h7-10,14,16H,4-6,11-13H2,1-3H3,(H,21,25)(H,22,24)/t16-/m1/s1. The predicted octanol–water partition coefficient (Wildman–Crippen LogP) is 2.66. The minimum atomic E-state index is -0.135. The smallest absolute Gasteiger partial charge is 0.253 e. The van der Waals surface area contributed by atoms with Crippen LogP contribution in [0.2, 0.25) is 0 Å². The lowest BCUT2D eigenvalue weighted by Crippen LogP contribution is -2.45. The number of rotatable bonds is 6. The lowest BCUT2D eigenvalue weighted by Gasteiger charge is -2.32. The number of benzene rings is 1. The average molecular weight is 359 g/mol. The van der Waals surface area contributed by atoms with Crippen molar-refractivity contribution in [2.75, 3.05) is 25.0 Å². The maximum Gasteiger partial charge on any atom is 0.253 e. The summed E-state index contributed by atoms with van der Waals surface area (Å²) >= 11 is 0. The van der Waals surface area contributed by atoms with E-state index in [1.807, 2.05) is 20.8 Å². The fourth-order valence-corrected chi connectivity index (χ4v) is 2.93. The highest BCUT2D eigenvalue weighted by Crippen LogP contribution is 2.20. The molecule has 0 radical (unpaired) electrons. The Morgan fingerprint density at radius 1 is 1.19 bits per heavy atom. The summed E-state index contributed by atoms with van der Waals surface area (Å²) in [5.74, 6) is -0.318. The molecule has 26 heavy (non-hydrogen) atoms. The number of piperidine rings is 1. The van der Waals surface area contributed by atoms with Gasteiger partial charge in [-0.25, -0.2) is 0 Å². The highest BCUT2D eigenvalue weighted by molar-refractivity contribution is 5.96. The molecule has 0 bridgehead atoms. The average Bonchev–Trinajstić information content (AvgIpc) is 2.66. The van der Waals surface area contributed by atoms with Gasteiger partial charge < -0.3 is 15.5 Å². The van der Waals surface area contributed by atoms with Gasteiger partial charge in [-0.2, -0.15) is 0 Å². The Morgan fingerprint density at radius 2 is 1.88 bits per heavy atom. The second kappa shape index (κ2) is 9.36. The van der Waals surface area contributed by atoms with Crippen LogP contribution in [-0.2, 0) is 9.59 Å². The van der Waals surface area contributed by atoms with Crippen LogP contribution in [0.4, 0.5) is 5.69 Å². The predicted molar refractivity (Wildman–Crippen MR) is 102 cm³/mol. The van der Waals surface area contributed by atoms with Gasteiger partial charge in [0.25, 0.3) is 5.91 Å². The lowest BCUT2D eigenvalue weighted by molar-refractivity contribution is -0.126. The fraction of sp³-hybridized carbons (Fsp3) is 0.550. The monoisotopic (exact) mass is 359 g/mol. The zero-order valence-corrected chi connectivity index (χ0v) is 15.9. The Hall–Kier alpha value is -2.37. The zero-order valence-electron chi connectivity index (χ0n) is 15.9. The number of amides is 3. The first kappa shape index (κ1) is 19.9. The molecule has 0 unspecified atom stereocenters. The van der Waals surface area contributed by atoms with Crippen molar-refractivity contribution in [3.63, 3.8) is 0 Å². The molecule has 6 nitrogen and oxygen atoms in total. The molecule has 3 amide bonds. The van der Waals surface area contributed by atoms with Crippen molar-refractivity contribution in [1.29, 1.82) is 0 Å². The number of nitrogens with zero attached hydrogens (tertiary/aromatic N) is 1. The van der Waals surface area contributed by atoms with Gasteiger partial charge in [0.15, 0.2) is 0 Å². The second-order valence-electron chi connectivity index (χ2n) is 7.10. The van der Waals surface area contributed by atoms with E-state index in [4.69, 9.17) is 0 Å². The molecule has 0 aliphatic carbocycles. The van der Waals surface area contributed by atoms with E-state index in [1.165, 1.54) is 0 Å². The van der Waals surface area contributed by atoms with Crippen LogP contribution in [0.3, 0.4) is 0 Å².